The molecule has 1 fully saturated rings. The number of nitrogens with one attached hydrogen (secondary N) is 1. The summed E-state index contributed by atoms with van der Waals surface area (Å²) in [5, 5.41) is 3.41. The van der Waals surface area contributed by atoms with Crippen molar-refractivity contribution in [1.82, 2.24) is 5.09 Å². The molecule has 1 rings (SSSR count). The Balaban J connectivity index is 2.32. The van der Waals surface area contributed by atoms with Crippen LogP contribution in [0.4, 0.5) is 0 Å². The molecule has 0 spiro atoms. The Kier molecular flexibility index (Phi) is 10.6. The number of hydrogen-bond acceptors (Lipinski definition) is 1. The highest BCUT2D eigenvalue weighted by molar-refractivity contribution is 9.25. The van der Waals surface area contributed by atoms with Gasteiger partial charge in [-0.25, -0.2) is 0 Å². The normalized spacial score (nSPS) is 28.3. The molecule has 19 heavy (non-hydrogen) atoms. The van der Waals surface area contributed by atoms with Crippen LogP contribution in [0.1, 0.15) is 83.5 Å². The van der Waals surface area contributed by atoms with Crippen molar-refractivity contribution in [3.8, 4) is 0 Å². The fourth-order valence-electron chi connectivity index (χ4n) is 2.87. The Labute approximate surface area is 139 Å². The number of hydrogen-bond donors (Lipinski definition) is 1. The molecule has 0 aliphatic heterocycles. The summed E-state index contributed by atoms with van der Waals surface area (Å²) in [6.07, 6.45) is 17.6. The SMILES string of the molecule is PNC1CCCCCCCC(Br)(Br)CCCCCC1. The number of rotatable bonds is 1. The fourth-order valence-corrected chi connectivity index (χ4v) is 4.32. The van der Waals surface area contributed by atoms with Crippen LogP contribution >= 0.6 is 41.3 Å². The summed E-state index contributed by atoms with van der Waals surface area (Å²) in [5.41, 5.74) is 0. The molecule has 0 saturated heterocycles. The van der Waals surface area contributed by atoms with Crippen molar-refractivity contribution in [2.45, 2.75) is 92.7 Å². The van der Waals surface area contributed by atoms with E-state index in [1.54, 1.807) is 0 Å². The highest BCUT2D eigenvalue weighted by Gasteiger charge is 2.21. The Hall–Kier alpha value is 1.35. The topological polar surface area (TPSA) is 12.0 Å². The van der Waals surface area contributed by atoms with Crippen molar-refractivity contribution in [3.63, 3.8) is 0 Å². The van der Waals surface area contributed by atoms with Crippen molar-refractivity contribution in [2.24, 2.45) is 0 Å². The molecule has 0 radical (unpaired) electrons. The smallest absolute Gasteiger partial charge is 0.0805 e. The van der Waals surface area contributed by atoms with Gasteiger partial charge in [-0.05, 0) is 25.7 Å². The molecule has 0 heterocycles. The molecule has 0 aromatic carbocycles. The van der Waals surface area contributed by atoms with Gasteiger partial charge in [0, 0.05) is 6.04 Å². The largest absolute Gasteiger partial charge is 0.298 e. The van der Waals surface area contributed by atoms with Gasteiger partial charge in [0.05, 0.1) is 3.23 Å². The molecule has 1 aliphatic carbocycles. The minimum atomic E-state index is 0.213. The van der Waals surface area contributed by atoms with E-state index in [1.165, 1.54) is 83.5 Å². The van der Waals surface area contributed by atoms with Crippen LogP contribution in [-0.4, -0.2) is 9.28 Å². The summed E-state index contributed by atoms with van der Waals surface area (Å²) in [5.74, 6) is 0. The maximum atomic E-state index is 3.86. The molecule has 0 amide bonds. The molecule has 4 heteroatoms. The molecular weight excluding hydrogens is 385 g/mol. The van der Waals surface area contributed by atoms with Gasteiger partial charge in [-0.3, -0.25) is 5.09 Å². The van der Waals surface area contributed by atoms with Gasteiger partial charge in [0.2, 0.25) is 0 Å². The lowest BCUT2D eigenvalue weighted by atomic mass is 10.0. The molecule has 0 bridgehead atoms. The van der Waals surface area contributed by atoms with Gasteiger partial charge in [-0.2, -0.15) is 0 Å². The second kappa shape index (κ2) is 11.0. The van der Waals surface area contributed by atoms with Crippen LogP contribution in [0.15, 0.2) is 0 Å². The van der Waals surface area contributed by atoms with E-state index in [-0.39, 0.29) is 3.23 Å². The Morgan fingerprint density at radius 1 is 0.737 bits per heavy atom. The second-order valence-corrected chi connectivity index (χ2v) is 10.4. The molecule has 0 aromatic heterocycles. The van der Waals surface area contributed by atoms with Crippen LogP contribution in [0.2, 0.25) is 0 Å². The lowest BCUT2D eigenvalue weighted by molar-refractivity contribution is 0.471. The van der Waals surface area contributed by atoms with E-state index in [9.17, 15) is 0 Å². The van der Waals surface area contributed by atoms with Crippen LogP contribution in [0.5, 0.6) is 0 Å². The molecule has 1 N–H and O–H groups in total. The van der Waals surface area contributed by atoms with Crippen LogP contribution in [0.25, 0.3) is 0 Å². The van der Waals surface area contributed by atoms with Gasteiger partial charge in [0.1, 0.15) is 0 Å². The molecule has 0 aromatic rings. The highest BCUT2D eigenvalue weighted by Crippen LogP contribution is 2.37. The van der Waals surface area contributed by atoms with Gasteiger partial charge in [-0.1, -0.05) is 99.0 Å². The second-order valence-electron chi connectivity index (χ2n) is 5.98. The van der Waals surface area contributed by atoms with Gasteiger partial charge in [0.15, 0.2) is 0 Å². The van der Waals surface area contributed by atoms with Crippen molar-refractivity contribution < 1.29 is 0 Å². The van der Waals surface area contributed by atoms with E-state index >= 15 is 0 Å². The first-order valence-corrected chi connectivity index (χ1v) is 10.1. The summed E-state index contributed by atoms with van der Waals surface area (Å²) < 4.78 is 0.213. The quantitative estimate of drug-likeness (QED) is 0.391. The Morgan fingerprint density at radius 2 is 1.16 bits per heavy atom. The van der Waals surface area contributed by atoms with Crippen molar-refractivity contribution in [2.75, 3.05) is 0 Å². The average Bonchev–Trinajstić information content (AvgIpc) is 2.38. The zero-order valence-corrected chi connectivity index (χ0v) is 16.4. The molecule has 2 atom stereocenters. The first-order chi connectivity index (χ1) is 9.14. The third-order valence-corrected chi connectivity index (χ3v) is 6.23. The van der Waals surface area contributed by atoms with Crippen LogP contribution in [-0.2, 0) is 0 Å². The van der Waals surface area contributed by atoms with Crippen LogP contribution in [0.3, 0.4) is 0 Å². The Bertz CT molecular complexity index is 224. The monoisotopic (exact) mass is 413 g/mol. The van der Waals surface area contributed by atoms with Gasteiger partial charge in [-0.15, -0.1) is 0 Å². The van der Waals surface area contributed by atoms with Gasteiger partial charge < -0.3 is 0 Å². The predicted octanol–water partition coefficient (Wildman–Crippen LogP) is 6.31. The minimum Gasteiger partial charge on any atom is -0.298 e. The van der Waals surface area contributed by atoms with E-state index in [0.717, 1.165) is 6.04 Å². The standard InChI is InChI=1S/C15H30Br2NP/c16-15(17)12-8-4-1-2-6-10-14(18-19)11-7-3-5-9-13-15/h14,18H,1-13,19H2. The van der Waals surface area contributed by atoms with E-state index in [2.05, 4.69) is 46.3 Å². The third-order valence-electron chi connectivity index (χ3n) is 4.18. The van der Waals surface area contributed by atoms with Crippen molar-refractivity contribution in [3.05, 3.63) is 0 Å². The van der Waals surface area contributed by atoms with Crippen LogP contribution < -0.4 is 5.09 Å². The van der Waals surface area contributed by atoms with E-state index in [4.69, 9.17) is 0 Å². The van der Waals surface area contributed by atoms with Crippen LogP contribution in [0, 0.1) is 0 Å². The number of halogens is 2. The number of alkyl halides is 2. The van der Waals surface area contributed by atoms with E-state index < -0.39 is 0 Å². The van der Waals surface area contributed by atoms with Gasteiger partial charge in [0.25, 0.3) is 0 Å². The molecule has 2 unspecified atom stereocenters. The lowest BCUT2D eigenvalue weighted by Gasteiger charge is -2.20. The third kappa shape index (κ3) is 9.82. The molecular formula is C15H30Br2NP. The minimum absolute atomic E-state index is 0.213. The first kappa shape index (κ1) is 18.4. The van der Waals surface area contributed by atoms with Crippen molar-refractivity contribution in [1.29, 1.82) is 0 Å². The average molecular weight is 415 g/mol. The lowest BCUT2D eigenvalue weighted by Crippen LogP contribution is -2.19. The summed E-state index contributed by atoms with van der Waals surface area (Å²) >= 11 is 7.71. The van der Waals surface area contributed by atoms with Gasteiger partial charge >= 0.3 is 0 Å². The summed E-state index contributed by atoms with van der Waals surface area (Å²) in [4.78, 5) is 0. The maximum Gasteiger partial charge on any atom is 0.0805 e. The predicted molar refractivity (Wildman–Crippen MR) is 97.2 cm³/mol. The summed E-state index contributed by atoms with van der Waals surface area (Å²) in [6, 6.07) is 0.724. The molecule has 1 nitrogen and oxygen atoms in total. The van der Waals surface area contributed by atoms with Crippen molar-refractivity contribution >= 4 is 41.3 Å². The fraction of sp³-hybridized carbons (Fsp3) is 1.00. The maximum absolute atomic E-state index is 3.86. The molecule has 114 valence electrons. The summed E-state index contributed by atoms with van der Waals surface area (Å²) in [7, 11) is 2.71. The highest BCUT2D eigenvalue weighted by atomic mass is 79.9. The zero-order chi connectivity index (χ0) is 14.0. The first-order valence-electron chi connectivity index (χ1n) is 7.98. The zero-order valence-electron chi connectivity index (χ0n) is 12.1. The summed E-state index contributed by atoms with van der Waals surface area (Å²) in [6.45, 7) is 0. The van der Waals surface area contributed by atoms with E-state index in [1.807, 2.05) is 0 Å². The Morgan fingerprint density at radius 3 is 1.63 bits per heavy atom. The molecule has 1 aliphatic rings. The van der Waals surface area contributed by atoms with E-state index in [0.29, 0.717) is 0 Å². The molecule has 1 saturated carbocycles.